The van der Waals surface area contributed by atoms with E-state index in [1.54, 1.807) is 35.9 Å². The number of hydrogen-bond donors (Lipinski definition) is 2. The van der Waals surface area contributed by atoms with Gasteiger partial charge in [-0.1, -0.05) is 47.2 Å². The van der Waals surface area contributed by atoms with Gasteiger partial charge in [-0.2, -0.15) is 0 Å². The molecule has 7 nitrogen and oxygen atoms in total. The van der Waals surface area contributed by atoms with Crippen LogP contribution in [0.5, 0.6) is 0 Å². The van der Waals surface area contributed by atoms with Crippen LogP contribution in [0.2, 0.25) is 0 Å². The molecule has 0 spiro atoms. The van der Waals surface area contributed by atoms with Gasteiger partial charge in [-0.05, 0) is 110 Å². The fraction of sp³-hybridized carbons (Fsp3) is 0.0750. The summed E-state index contributed by atoms with van der Waals surface area (Å²) < 4.78 is 0. The third-order valence-corrected chi connectivity index (χ3v) is 11.4. The number of benzene rings is 2. The van der Waals surface area contributed by atoms with Crippen LogP contribution in [0.4, 0.5) is 4.79 Å². The summed E-state index contributed by atoms with van der Waals surface area (Å²) in [5.41, 5.74) is 5.69. The number of urea groups is 1. The Kier molecular flexibility index (Phi) is 11.8. The van der Waals surface area contributed by atoms with E-state index in [-0.39, 0.29) is 5.91 Å². The normalized spacial score (nSPS) is 13.0. The minimum absolute atomic E-state index is 0.314. The van der Waals surface area contributed by atoms with E-state index in [0.29, 0.717) is 0 Å². The predicted molar refractivity (Wildman–Crippen MR) is 204 cm³/mol. The molecule has 6 aromatic rings. The summed E-state index contributed by atoms with van der Waals surface area (Å²) in [6.07, 6.45) is 4.43. The smallest absolute Gasteiger partial charge is 0.321 e. The third-order valence-electron chi connectivity index (χ3n) is 7.12. The molecule has 0 saturated carbocycles. The summed E-state index contributed by atoms with van der Waals surface area (Å²) in [6, 6.07) is 26.6. The SMILES string of the molecule is Cc1cc(C#Cc2ccc(Sc3ccsc3C3NC(=O)NC3=O)cc2)ccn1.Cc1cc(C#Cc2ccc(Sc3ccsc3C=O)cc2)ccn1. The number of pyridine rings is 2. The van der Waals surface area contributed by atoms with Gasteiger partial charge in [-0.3, -0.25) is 24.9 Å². The molecule has 1 unspecified atom stereocenters. The Balaban J connectivity index is 0.000000179. The van der Waals surface area contributed by atoms with E-state index in [1.807, 2.05) is 110 Å². The van der Waals surface area contributed by atoms with Crippen molar-refractivity contribution < 1.29 is 14.4 Å². The lowest BCUT2D eigenvalue weighted by Gasteiger charge is -2.08. The van der Waals surface area contributed by atoms with Crippen molar-refractivity contribution in [3.8, 4) is 23.7 Å². The Hall–Kier alpha value is -5.43. The fourth-order valence-corrected chi connectivity index (χ4v) is 8.52. The maximum Gasteiger partial charge on any atom is 0.322 e. The molecule has 250 valence electrons. The molecule has 0 radical (unpaired) electrons. The summed E-state index contributed by atoms with van der Waals surface area (Å²) in [5.74, 6) is 12.3. The molecule has 0 aliphatic carbocycles. The molecular weight excluding hydrogens is 713 g/mol. The fourth-order valence-electron chi connectivity index (χ4n) is 4.69. The molecule has 3 amide bonds. The highest BCUT2D eigenvalue weighted by Gasteiger charge is 2.33. The molecule has 4 aromatic heterocycles. The average Bonchev–Trinajstić information content (AvgIpc) is 3.87. The van der Waals surface area contributed by atoms with Gasteiger partial charge in [0.25, 0.3) is 5.91 Å². The third kappa shape index (κ3) is 9.85. The number of aldehydes is 1. The van der Waals surface area contributed by atoms with Gasteiger partial charge in [0.1, 0.15) is 6.04 Å². The zero-order valence-corrected chi connectivity index (χ0v) is 30.6. The van der Waals surface area contributed by atoms with Crippen molar-refractivity contribution in [2.75, 3.05) is 0 Å². The van der Waals surface area contributed by atoms with Crippen LogP contribution in [0.15, 0.2) is 128 Å². The van der Waals surface area contributed by atoms with Gasteiger partial charge in [-0.25, -0.2) is 4.79 Å². The summed E-state index contributed by atoms with van der Waals surface area (Å²) in [7, 11) is 0. The molecule has 51 heavy (non-hydrogen) atoms. The molecule has 2 N–H and O–H groups in total. The Morgan fingerprint density at radius 1 is 0.667 bits per heavy atom. The molecule has 1 fully saturated rings. The number of aryl methyl sites for hydroxylation is 2. The van der Waals surface area contributed by atoms with Crippen molar-refractivity contribution in [1.29, 1.82) is 0 Å². The van der Waals surface area contributed by atoms with E-state index in [4.69, 9.17) is 0 Å². The number of aromatic nitrogens is 2. The summed E-state index contributed by atoms with van der Waals surface area (Å²) >= 11 is 6.07. The first-order chi connectivity index (χ1) is 24.8. The second kappa shape index (κ2) is 17.0. The van der Waals surface area contributed by atoms with Crippen LogP contribution in [-0.2, 0) is 4.79 Å². The van der Waals surface area contributed by atoms with Gasteiger partial charge in [0.15, 0.2) is 6.29 Å². The number of carbonyl (C=O) groups is 3. The Morgan fingerprint density at radius 3 is 1.69 bits per heavy atom. The molecule has 7 rings (SSSR count). The number of hydrogen-bond acceptors (Lipinski definition) is 9. The Bertz CT molecular complexity index is 2330. The van der Waals surface area contributed by atoms with E-state index in [2.05, 4.69) is 44.3 Å². The highest BCUT2D eigenvalue weighted by atomic mass is 32.2. The molecule has 1 aliphatic rings. The average molecular weight is 741 g/mol. The van der Waals surface area contributed by atoms with Gasteiger partial charge in [0.05, 0.1) is 9.75 Å². The molecule has 1 aliphatic heterocycles. The van der Waals surface area contributed by atoms with Crippen LogP contribution in [-0.4, -0.2) is 28.2 Å². The van der Waals surface area contributed by atoms with Gasteiger partial charge in [-0.15, -0.1) is 22.7 Å². The Morgan fingerprint density at radius 2 is 1.18 bits per heavy atom. The number of amides is 3. The molecule has 0 bridgehead atoms. The van der Waals surface area contributed by atoms with E-state index in [1.165, 1.54) is 22.7 Å². The summed E-state index contributed by atoms with van der Waals surface area (Å²) in [5, 5.41) is 8.78. The van der Waals surface area contributed by atoms with Gasteiger partial charge >= 0.3 is 6.03 Å². The molecular formula is C40H28N4O3S4. The maximum absolute atomic E-state index is 11.9. The monoisotopic (exact) mass is 740 g/mol. The highest BCUT2D eigenvalue weighted by Crippen LogP contribution is 2.38. The molecule has 1 atom stereocenters. The van der Waals surface area contributed by atoms with E-state index in [9.17, 15) is 14.4 Å². The van der Waals surface area contributed by atoms with Gasteiger partial charge in [0.2, 0.25) is 0 Å². The minimum Gasteiger partial charge on any atom is -0.321 e. The van der Waals surface area contributed by atoms with Crippen molar-refractivity contribution in [2.24, 2.45) is 0 Å². The van der Waals surface area contributed by atoms with Crippen LogP contribution in [0, 0.1) is 37.5 Å². The standard InChI is InChI=1S/C21H15N3O2S2.C19H13NOS2/c1-13-12-15(8-10-22-13)3-2-14-4-6-16(7-5-14)28-17-9-11-27-19(17)18-20(25)24-21(26)23-18;1-14-12-16(8-10-20-14)3-2-15-4-6-17(7-5-15)23-18-9-11-22-19(18)13-21/h4-12,18H,1H3,(H2,23,24,25,26);4-13H,1H3. The largest absolute Gasteiger partial charge is 0.322 e. The first-order valence-corrected chi connectivity index (χ1v) is 18.9. The predicted octanol–water partition coefficient (Wildman–Crippen LogP) is 8.70. The van der Waals surface area contributed by atoms with E-state index >= 15 is 0 Å². The lowest BCUT2D eigenvalue weighted by atomic mass is 10.2. The lowest BCUT2D eigenvalue weighted by molar-refractivity contribution is -0.120. The van der Waals surface area contributed by atoms with E-state index < -0.39 is 12.1 Å². The van der Waals surface area contributed by atoms with Gasteiger partial charge < -0.3 is 5.32 Å². The second-order valence-electron chi connectivity index (χ2n) is 10.9. The van der Waals surface area contributed by atoms with Crippen LogP contribution in [0.1, 0.15) is 54.2 Å². The molecule has 1 saturated heterocycles. The molecule has 11 heteroatoms. The van der Waals surface area contributed by atoms with Crippen LogP contribution in [0.3, 0.4) is 0 Å². The second-order valence-corrected chi connectivity index (χ2v) is 15.1. The first-order valence-electron chi connectivity index (χ1n) is 15.5. The first kappa shape index (κ1) is 35.4. The lowest BCUT2D eigenvalue weighted by Crippen LogP contribution is -2.22. The van der Waals surface area contributed by atoms with Crippen molar-refractivity contribution in [2.45, 2.75) is 39.5 Å². The van der Waals surface area contributed by atoms with Crippen molar-refractivity contribution >= 4 is 64.4 Å². The summed E-state index contributed by atoms with van der Waals surface area (Å²) in [6.45, 7) is 3.89. The Labute approximate surface area is 312 Å². The van der Waals surface area contributed by atoms with Crippen molar-refractivity contribution in [3.05, 3.63) is 151 Å². The van der Waals surface area contributed by atoms with Crippen molar-refractivity contribution in [1.82, 2.24) is 20.6 Å². The number of nitrogens with one attached hydrogen (secondary N) is 2. The number of thiophene rings is 2. The molecule has 2 aromatic carbocycles. The number of carbonyl (C=O) groups excluding carboxylic acids is 3. The van der Waals surface area contributed by atoms with Crippen LogP contribution >= 0.6 is 46.2 Å². The van der Waals surface area contributed by atoms with Crippen molar-refractivity contribution in [3.63, 3.8) is 0 Å². The highest BCUT2D eigenvalue weighted by molar-refractivity contribution is 7.99. The zero-order chi connectivity index (χ0) is 35.6. The van der Waals surface area contributed by atoms with Gasteiger partial charge in [0, 0.05) is 65.6 Å². The summed E-state index contributed by atoms with van der Waals surface area (Å²) in [4.78, 5) is 48.3. The minimum atomic E-state index is -0.621. The quantitative estimate of drug-likeness (QED) is 0.100. The number of imide groups is 1. The van der Waals surface area contributed by atoms with E-state index in [0.717, 1.165) is 69.3 Å². The molecule has 5 heterocycles. The maximum atomic E-state index is 11.9. The zero-order valence-electron chi connectivity index (χ0n) is 27.3. The van der Waals surface area contributed by atoms with Crippen LogP contribution < -0.4 is 10.6 Å². The topological polar surface area (TPSA) is 101 Å². The van der Waals surface area contributed by atoms with Crippen LogP contribution in [0.25, 0.3) is 0 Å². The number of rotatable bonds is 6. The number of nitrogens with zero attached hydrogens (tertiary/aromatic N) is 2.